The Labute approximate surface area is 149 Å². The van der Waals surface area contributed by atoms with E-state index in [1.165, 1.54) is 11.3 Å². The topological polar surface area (TPSA) is 75.9 Å². The van der Waals surface area contributed by atoms with Crippen LogP contribution >= 0.6 is 11.3 Å². The van der Waals surface area contributed by atoms with Gasteiger partial charge in [0.1, 0.15) is 0 Å². The zero-order valence-electron chi connectivity index (χ0n) is 14.4. The molecule has 25 heavy (non-hydrogen) atoms. The summed E-state index contributed by atoms with van der Waals surface area (Å²) in [4.78, 5) is 26.4. The first-order chi connectivity index (χ1) is 12.1. The van der Waals surface area contributed by atoms with Gasteiger partial charge in [0, 0.05) is 26.1 Å². The van der Waals surface area contributed by atoms with Crippen molar-refractivity contribution in [1.82, 2.24) is 14.9 Å². The molecule has 1 N–H and O–H groups in total. The summed E-state index contributed by atoms with van der Waals surface area (Å²) in [5.74, 6) is -0.227. The number of hydrogen-bond donors (Lipinski definition) is 1. The van der Waals surface area contributed by atoms with Crippen molar-refractivity contribution in [3.63, 3.8) is 0 Å². The lowest BCUT2D eigenvalue weighted by molar-refractivity contribution is -0.126. The Kier molecular flexibility index (Phi) is 5.37. The number of likely N-dealkylation sites (tertiary alicyclic amines) is 1. The number of aryl methyl sites for hydroxylation is 1. The Morgan fingerprint density at radius 1 is 1.32 bits per heavy atom. The molecule has 0 spiro atoms. The number of ether oxygens (including phenoxy) is 1. The Morgan fingerprint density at radius 2 is 2.04 bits per heavy atom. The lowest BCUT2D eigenvalue weighted by Gasteiger charge is -2.30. The third kappa shape index (κ3) is 3.84. The minimum atomic E-state index is -0.302. The highest BCUT2D eigenvalue weighted by atomic mass is 32.1. The van der Waals surface area contributed by atoms with Gasteiger partial charge in [-0.25, -0.2) is 10.2 Å². The second kappa shape index (κ2) is 7.69. The maximum atomic E-state index is 12.4. The summed E-state index contributed by atoms with van der Waals surface area (Å²) >= 11 is 1.53. The predicted octanol–water partition coefficient (Wildman–Crippen LogP) is 2.04. The van der Waals surface area contributed by atoms with E-state index in [-0.39, 0.29) is 17.9 Å². The standard InChI is InChI=1S/C17H22N4O3S/c1-3-24-17(23)21-10-8-12(9-11-21)15(22)18-19-16-20(2)13-6-4-5-7-14(13)25-16/h4-7,12H,3,8-11H2,1-2H3,(H,18,22)/b19-16-. The first-order valence-electron chi connectivity index (χ1n) is 8.40. The van der Waals surface area contributed by atoms with Crippen LogP contribution in [0.5, 0.6) is 0 Å². The highest BCUT2D eigenvalue weighted by molar-refractivity contribution is 7.16. The number of hydrogen-bond acceptors (Lipinski definition) is 5. The van der Waals surface area contributed by atoms with Crippen molar-refractivity contribution in [2.45, 2.75) is 19.8 Å². The Hall–Kier alpha value is -2.35. The Morgan fingerprint density at radius 3 is 2.72 bits per heavy atom. The fourth-order valence-electron chi connectivity index (χ4n) is 2.92. The molecular formula is C17H22N4O3S. The molecule has 0 atom stereocenters. The quantitative estimate of drug-likeness (QED) is 0.849. The smallest absolute Gasteiger partial charge is 0.409 e. The molecule has 2 heterocycles. The van der Waals surface area contributed by atoms with E-state index in [4.69, 9.17) is 4.74 Å². The molecule has 8 heteroatoms. The zero-order chi connectivity index (χ0) is 17.8. The molecule has 1 aromatic carbocycles. The average molecular weight is 362 g/mol. The van der Waals surface area contributed by atoms with Crippen LogP contribution in [0.4, 0.5) is 4.79 Å². The normalized spacial score (nSPS) is 16.2. The van der Waals surface area contributed by atoms with Crippen molar-refractivity contribution < 1.29 is 14.3 Å². The lowest BCUT2D eigenvalue weighted by Crippen LogP contribution is -2.42. The second-order valence-corrected chi connectivity index (χ2v) is 6.97. The van der Waals surface area contributed by atoms with Gasteiger partial charge in [0.2, 0.25) is 10.7 Å². The van der Waals surface area contributed by atoms with Crippen molar-refractivity contribution in [3.8, 4) is 0 Å². The number of amides is 2. The van der Waals surface area contributed by atoms with Gasteiger partial charge in [-0.05, 0) is 31.9 Å². The molecule has 0 bridgehead atoms. The number of carbonyl (C=O) groups is 2. The maximum Gasteiger partial charge on any atom is 0.409 e. The van der Waals surface area contributed by atoms with Crippen LogP contribution in [-0.4, -0.2) is 41.2 Å². The van der Waals surface area contributed by atoms with Crippen molar-refractivity contribution >= 4 is 33.6 Å². The number of fused-ring (bicyclic) bond motifs is 1. The van der Waals surface area contributed by atoms with Crippen molar-refractivity contribution in [2.75, 3.05) is 19.7 Å². The van der Waals surface area contributed by atoms with Gasteiger partial charge in [-0.3, -0.25) is 4.79 Å². The number of nitrogens with zero attached hydrogens (tertiary/aromatic N) is 3. The third-order valence-corrected chi connectivity index (χ3v) is 5.48. The monoisotopic (exact) mass is 362 g/mol. The molecule has 0 saturated carbocycles. The van der Waals surface area contributed by atoms with E-state index in [0.717, 1.165) is 15.0 Å². The molecule has 1 fully saturated rings. The highest BCUT2D eigenvalue weighted by Crippen LogP contribution is 2.18. The second-order valence-electron chi connectivity index (χ2n) is 5.96. The first kappa shape index (κ1) is 17.5. The first-order valence-corrected chi connectivity index (χ1v) is 9.21. The maximum absolute atomic E-state index is 12.4. The molecule has 134 valence electrons. The van der Waals surface area contributed by atoms with E-state index in [2.05, 4.69) is 10.5 Å². The van der Waals surface area contributed by atoms with Gasteiger partial charge >= 0.3 is 6.09 Å². The molecule has 1 aliphatic heterocycles. The predicted molar refractivity (Wildman–Crippen MR) is 95.8 cm³/mol. The van der Waals surface area contributed by atoms with Gasteiger partial charge in [-0.1, -0.05) is 23.5 Å². The molecule has 0 unspecified atom stereocenters. The van der Waals surface area contributed by atoms with Crippen LogP contribution in [0.25, 0.3) is 10.2 Å². The summed E-state index contributed by atoms with van der Waals surface area (Å²) < 4.78 is 8.08. The van der Waals surface area contributed by atoms with E-state index in [1.807, 2.05) is 35.9 Å². The molecule has 2 aromatic rings. The molecular weight excluding hydrogens is 340 g/mol. The summed E-state index contributed by atoms with van der Waals surface area (Å²) in [5.41, 5.74) is 3.77. The lowest BCUT2D eigenvalue weighted by atomic mass is 9.96. The Balaban J connectivity index is 1.61. The molecule has 0 radical (unpaired) electrons. The van der Waals surface area contributed by atoms with Crippen LogP contribution in [0.3, 0.4) is 0 Å². The SMILES string of the molecule is CCOC(=O)N1CCC(C(=O)N/N=c2\sc3ccccc3n2C)CC1. The van der Waals surface area contributed by atoms with Crippen molar-refractivity contribution in [3.05, 3.63) is 29.1 Å². The van der Waals surface area contributed by atoms with E-state index in [9.17, 15) is 9.59 Å². The largest absolute Gasteiger partial charge is 0.450 e. The van der Waals surface area contributed by atoms with Gasteiger partial charge in [0.05, 0.1) is 16.8 Å². The van der Waals surface area contributed by atoms with Crippen LogP contribution in [0, 0.1) is 5.92 Å². The molecule has 7 nitrogen and oxygen atoms in total. The number of nitrogens with one attached hydrogen (secondary N) is 1. The minimum absolute atomic E-state index is 0.0963. The van der Waals surface area contributed by atoms with Crippen molar-refractivity contribution in [1.29, 1.82) is 0 Å². The summed E-state index contributed by atoms with van der Waals surface area (Å²) in [7, 11) is 1.93. The van der Waals surface area contributed by atoms with Crippen LogP contribution in [0.15, 0.2) is 29.4 Å². The molecule has 1 aromatic heterocycles. The Bertz CT molecular complexity index is 834. The summed E-state index contributed by atoms with van der Waals surface area (Å²) in [6, 6.07) is 8.02. The van der Waals surface area contributed by atoms with Gasteiger partial charge in [0.25, 0.3) is 0 Å². The molecule has 1 aliphatic rings. The van der Waals surface area contributed by atoms with Crippen LogP contribution in [-0.2, 0) is 16.6 Å². The van der Waals surface area contributed by atoms with E-state index >= 15 is 0 Å². The molecule has 3 rings (SSSR count). The van der Waals surface area contributed by atoms with Crippen LogP contribution in [0.1, 0.15) is 19.8 Å². The molecule has 1 saturated heterocycles. The van der Waals surface area contributed by atoms with Crippen LogP contribution in [0.2, 0.25) is 0 Å². The van der Waals surface area contributed by atoms with Gasteiger partial charge in [0.15, 0.2) is 0 Å². The average Bonchev–Trinajstić information content (AvgIpc) is 2.96. The number of carbonyl (C=O) groups excluding carboxylic acids is 2. The van der Waals surface area contributed by atoms with Gasteiger partial charge in [-0.15, -0.1) is 5.10 Å². The van der Waals surface area contributed by atoms with Crippen LogP contribution < -0.4 is 10.2 Å². The van der Waals surface area contributed by atoms with E-state index < -0.39 is 0 Å². The van der Waals surface area contributed by atoms with E-state index in [0.29, 0.717) is 32.5 Å². The number of para-hydroxylation sites is 1. The fraction of sp³-hybridized carbons (Fsp3) is 0.471. The fourth-order valence-corrected chi connectivity index (χ4v) is 3.90. The zero-order valence-corrected chi connectivity index (χ0v) is 15.2. The highest BCUT2D eigenvalue weighted by Gasteiger charge is 2.27. The number of benzene rings is 1. The summed E-state index contributed by atoms with van der Waals surface area (Å²) in [5, 5.41) is 4.28. The van der Waals surface area contributed by atoms with Crippen molar-refractivity contribution in [2.24, 2.45) is 18.1 Å². The minimum Gasteiger partial charge on any atom is -0.450 e. The summed E-state index contributed by atoms with van der Waals surface area (Å²) in [6.07, 6.45) is 0.945. The summed E-state index contributed by atoms with van der Waals surface area (Å²) in [6.45, 7) is 3.22. The van der Waals surface area contributed by atoms with E-state index in [1.54, 1.807) is 11.8 Å². The number of aromatic nitrogens is 1. The van der Waals surface area contributed by atoms with Gasteiger partial charge in [-0.2, -0.15) is 0 Å². The number of rotatable bonds is 3. The number of piperidine rings is 1. The number of thiazole rings is 1. The third-order valence-electron chi connectivity index (χ3n) is 4.37. The molecule has 0 aliphatic carbocycles. The molecule has 2 amide bonds. The van der Waals surface area contributed by atoms with Gasteiger partial charge < -0.3 is 14.2 Å².